The van der Waals surface area contributed by atoms with Crippen molar-refractivity contribution in [1.82, 2.24) is 4.90 Å². The first kappa shape index (κ1) is 20.0. The van der Waals surface area contributed by atoms with Crippen molar-refractivity contribution in [3.05, 3.63) is 59.2 Å². The van der Waals surface area contributed by atoms with E-state index in [9.17, 15) is 13.6 Å². The highest BCUT2D eigenvalue weighted by Crippen LogP contribution is 2.50. The van der Waals surface area contributed by atoms with Crippen LogP contribution in [-0.2, 0) is 0 Å². The maximum absolute atomic E-state index is 14.3. The molecule has 3 aliphatic rings. The van der Waals surface area contributed by atoms with Gasteiger partial charge in [0.1, 0.15) is 11.6 Å². The molecule has 0 radical (unpaired) electrons. The summed E-state index contributed by atoms with van der Waals surface area (Å²) in [5.41, 5.74) is 3.03. The number of piperidine rings is 1. The van der Waals surface area contributed by atoms with Gasteiger partial charge >= 0.3 is 0 Å². The molecule has 0 saturated carbocycles. The monoisotopic (exact) mass is 428 g/mol. The lowest BCUT2D eigenvalue weighted by molar-refractivity contribution is 0.0971. The van der Waals surface area contributed by atoms with Gasteiger partial charge in [-0.05, 0) is 73.5 Å². The van der Waals surface area contributed by atoms with Gasteiger partial charge in [0.15, 0.2) is 5.78 Å². The summed E-state index contributed by atoms with van der Waals surface area (Å²) in [4.78, 5) is 18.4. The van der Waals surface area contributed by atoms with Crippen molar-refractivity contribution in [2.45, 2.75) is 42.5 Å². The van der Waals surface area contributed by atoms with Crippen molar-refractivity contribution < 1.29 is 13.6 Å². The quantitative estimate of drug-likeness (QED) is 0.618. The average molecular weight is 429 g/mol. The zero-order valence-corrected chi connectivity index (χ0v) is 17.8. The Bertz CT molecular complexity index is 949. The fourth-order valence-corrected chi connectivity index (χ4v) is 6.35. The normalized spacial score (nSPS) is 23.1. The van der Waals surface area contributed by atoms with Crippen molar-refractivity contribution in [1.29, 1.82) is 0 Å². The highest BCUT2D eigenvalue weighted by molar-refractivity contribution is 7.99. The minimum absolute atomic E-state index is 0.0631. The SMILES string of the molecule is O=C(CCCN1CC[C@@H]2[C@H](C1)c1cc(F)cc3c1N2CCCS3)c1ccc(F)cc1. The lowest BCUT2D eigenvalue weighted by atomic mass is 9.89. The van der Waals surface area contributed by atoms with E-state index in [0.717, 1.165) is 56.1 Å². The molecular weight excluding hydrogens is 402 g/mol. The van der Waals surface area contributed by atoms with E-state index in [1.165, 1.54) is 23.4 Å². The molecule has 0 N–H and O–H groups in total. The predicted molar refractivity (Wildman–Crippen MR) is 117 cm³/mol. The molecule has 30 heavy (non-hydrogen) atoms. The third-order valence-electron chi connectivity index (χ3n) is 6.66. The van der Waals surface area contributed by atoms with Crippen LogP contribution in [0, 0.1) is 11.6 Å². The number of carbonyl (C=O) groups is 1. The zero-order valence-electron chi connectivity index (χ0n) is 16.9. The highest BCUT2D eigenvalue weighted by Gasteiger charge is 2.43. The van der Waals surface area contributed by atoms with Crippen LogP contribution in [0.2, 0.25) is 0 Å². The number of hydrogen-bond acceptors (Lipinski definition) is 4. The van der Waals surface area contributed by atoms with Crippen molar-refractivity contribution in [3.8, 4) is 0 Å². The molecule has 0 aromatic heterocycles. The maximum atomic E-state index is 14.3. The van der Waals surface area contributed by atoms with E-state index < -0.39 is 0 Å². The predicted octanol–water partition coefficient (Wildman–Crippen LogP) is 5.10. The van der Waals surface area contributed by atoms with Crippen LogP contribution in [0.5, 0.6) is 0 Å². The summed E-state index contributed by atoms with van der Waals surface area (Å²) in [6, 6.07) is 9.71. The average Bonchev–Trinajstić information content (AvgIpc) is 2.89. The lowest BCUT2D eigenvalue weighted by Crippen LogP contribution is -2.46. The van der Waals surface area contributed by atoms with Gasteiger partial charge in [-0.1, -0.05) is 0 Å². The van der Waals surface area contributed by atoms with Gasteiger partial charge in [-0.2, -0.15) is 0 Å². The van der Waals surface area contributed by atoms with Gasteiger partial charge < -0.3 is 9.80 Å². The molecule has 3 nitrogen and oxygen atoms in total. The smallest absolute Gasteiger partial charge is 0.162 e. The molecule has 3 heterocycles. The largest absolute Gasteiger partial charge is 0.367 e. The van der Waals surface area contributed by atoms with Crippen LogP contribution in [0.1, 0.15) is 47.5 Å². The van der Waals surface area contributed by atoms with E-state index in [1.54, 1.807) is 36.0 Å². The van der Waals surface area contributed by atoms with Gasteiger partial charge in [0, 0.05) is 48.5 Å². The first-order valence-electron chi connectivity index (χ1n) is 10.8. The van der Waals surface area contributed by atoms with Crippen LogP contribution in [0.3, 0.4) is 0 Å². The number of carbonyl (C=O) groups excluding carboxylic acids is 1. The number of nitrogens with zero attached hydrogens (tertiary/aromatic N) is 2. The maximum Gasteiger partial charge on any atom is 0.162 e. The number of benzene rings is 2. The minimum Gasteiger partial charge on any atom is -0.367 e. The molecule has 0 unspecified atom stereocenters. The fourth-order valence-electron chi connectivity index (χ4n) is 5.29. The Hall–Kier alpha value is -1.92. The van der Waals surface area contributed by atoms with E-state index in [4.69, 9.17) is 0 Å². The van der Waals surface area contributed by atoms with Crippen molar-refractivity contribution >= 4 is 23.2 Å². The standard InChI is InChI=1S/C24H26F2N2OS/c25-17-6-4-16(5-7-17)22(29)3-1-9-27-11-8-21-20(15-27)19-13-18(26)14-23-24(19)28(21)10-2-12-30-23/h4-7,13-14,20-21H,1-3,8-12,15H2/t20-,21-/m1/s1. The molecule has 2 atom stereocenters. The second-order valence-electron chi connectivity index (χ2n) is 8.53. The second kappa shape index (κ2) is 8.31. The fraction of sp³-hybridized carbons (Fsp3) is 0.458. The number of likely N-dealkylation sites (tertiary alicyclic amines) is 1. The second-order valence-corrected chi connectivity index (χ2v) is 9.67. The number of hydrogen-bond donors (Lipinski definition) is 0. The molecule has 158 valence electrons. The molecule has 0 bridgehead atoms. The first-order valence-corrected chi connectivity index (χ1v) is 11.8. The Labute approximate surface area is 180 Å². The summed E-state index contributed by atoms with van der Waals surface area (Å²) in [6.07, 6.45) is 3.47. The Morgan fingerprint density at radius 3 is 2.77 bits per heavy atom. The van der Waals surface area contributed by atoms with Crippen LogP contribution in [0.25, 0.3) is 0 Å². The summed E-state index contributed by atoms with van der Waals surface area (Å²) in [7, 11) is 0. The topological polar surface area (TPSA) is 23.6 Å². The molecular formula is C24H26F2N2OS. The Morgan fingerprint density at radius 2 is 1.93 bits per heavy atom. The number of halogens is 2. The highest BCUT2D eigenvalue weighted by atomic mass is 32.2. The van der Waals surface area contributed by atoms with Gasteiger partial charge in [-0.25, -0.2) is 8.78 Å². The molecule has 1 fully saturated rings. The summed E-state index contributed by atoms with van der Waals surface area (Å²) in [5.74, 6) is 1.01. The summed E-state index contributed by atoms with van der Waals surface area (Å²) in [5, 5.41) is 0. The molecule has 0 amide bonds. The van der Waals surface area contributed by atoms with Gasteiger partial charge in [0.2, 0.25) is 0 Å². The van der Waals surface area contributed by atoms with Crippen molar-refractivity contribution in [3.63, 3.8) is 0 Å². The first-order chi connectivity index (χ1) is 14.6. The van der Waals surface area contributed by atoms with Crippen LogP contribution >= 0.6 is 11.8 Å². The van der Waals surface area contributed by atoms with Crippen LogP contribution < -0.4 is 4.90 Å². The number of ketones is 1. The number of thioether (sulfide) groups is 1. The molecule has 2 aromatic carbocycles. The van der Waals surface area contributed by atoms with E-state index >= 15 is 0 Å². The van der Waals surface area contributed by atoms with Crippen molar-refractivity contribution in [2.75, 3.05) is 36.8 Å². The molecule has 6 heteroatoms. The lowest BCUT2D eigenvalue weighted by Gasteiger charge is -2.39. The van der Waals surface area contributed by atoms with Gasteiger partial charge in [0.05, 0.1) is 5.69 Å². The Kier molecular flexibility index (Phi) is 5.54. The van der Waals surface area contributed by atoms with Crippen molar-refractivity contribution in [2.24, 2.45) is 0 Å². The molecule has 0 spiro atoms. The minimum atomic E-state index is -0.321. The zero-order chi connectivity index (χ0) is 20.7. The van der Waals surface area contributed by atoms with Gasteiger partial charge in [-0.3, -0.25) is 4.79 Å². The van der Waals surface area contributed by atoms with E-state index in [0.29, 0.717) is 23.9 Å². The molecule has 2 aromatic rings. The van der Waals surface area contributed by atoms with Crippen LogP contribution in [0.4, 0.5) is 14.5 Å². The summed E-state index contributed by atoms with van der Waals surface area (Å²) >= 11 is 1.79. The number of Topliss-reactive ketones (excluding diaryl/α,β-unsaturated/α-hetero) is 1. The molecule has 3 aliphatic heterocycles. The van der Waals surface area contributed by atoms with E-state index in [-0.39, 0.29) is 17.4 Å². The van der Waals surface area contributed by atoms with Crippen LogP contribution in [-0.4, -0.2) is 48.7 Å². The van der Waals surface area contributed by atoms with E-state index in [1.807, 2.05) is 0 Å². The molecule has 5 rings (SSSR count). The summed E-state index contributed by atoms with van der Waals surface area (Å²) < 4.78 is 27.4. The third kappa shape index (κ3) is 3.76. The molecule has 1 saturated heterocycles. The van der Waals surface area contributed by atoms with Gasteiger partial charge in [-0.15, -0.1) is 11.8 Å². The van der Waals surface area contributed by atoms with E-state index in [2.05, 4.69) is 9.80 Å². The summed E-state index contributed by atoms with van der Waals surface area (Å²) in [6.45, 7) is 3.86. The van der Waals surface area contributed by atoms with Gasteiger partial charge in [0.25, 0.3) is 0 Å². The number of fused-ring (bicyclic) bond motifs is 3. The molecule has 0 aliphatic carbocycles. The Balaban J connectivity index is 1.24. The number of anilines is 1. The third-order valence-corrected chi connectivity index (χ3v) is 7.78. The van der Waals surface area contributed by atoms with Crippen LogP contribution in [0.15, 0.2) is 41.3 Å². The number of rotatable bonds is 5. The Morgan fingerprint density at radius 1 is 1.10 bits per heavy atom.